The number of aromatic nitrogens is 3. The third-order valence-corrected chi connectivity index (χ3v) is 5.53. The van der Waals surface area contributed by atoms with Gasteiger partial charge in [0.1, 0.15) is 5.69 Å². The van der Waals surface area contributed by atoms with E-state index in [-0.39, 0.29) is 5.91 Å². The summed E-state index contributed by atoms with van der Waals surface area (Å²) in [6, 6.07) is 4.30. The van der Waals surface area contributed by atoms with Gasteiger partial charge in [-0.05, 0) is 44.9 Å². The van der Waals surface area contributed by atoms with Crippen molar-refractivity contribution in [2.45, 2.75) is 34.2 Å². The number of fused-ring (bicyclic) bond motifs is 1. The fraction of sp³-hybridized carbons (Fsp3) is 0.421. The first-order valence-corrected chi connectivity index (χ1v) is 9.50. The molecule has 0 bridgehead atoms. The Morgan fingerprint density at radius 2 is 2.04 bits per heavy atom. The number of benzene rings is 1. The van der Waals surface area contributed by atoms with Gasteiger partial charge < -0.3 is 9.30 Å². The Bertz CT molecular complexity index is 1010. The molecule has 0 saturated heterocycles. The molecule has 1 aromatic carbocycles. The Morgan fingerprint density at radius 1 is 1.27 bits per heavy atom. The molecule has 26 heavy (non-hydrogen) atoms. The van der Waals surface area contributed by atoms with Crippen LogP contribution < -0.4 is 4.80 Å². The van der Waals surface area contributed by atoms with E-state index in [1.54, 1.807) is 29.3 Å². The summed E-state index contributed by atoms with van der Waals surface area (Å²) in [5.41, 5.74) is 4.83. The van der Waals surface area contributed by atoms with Crippen molar-refractivity contribution in [1.82, 2.24) is 14.3 Å². The standard InChI is InChI=1S/C19H24N4O2S/c1-6-25-8-7-23-15-10-12(2)9-13(3)17(15)26-19(23)21-18(24)16-14(4)11-20-22(16)5/h9-11H,6-8H2,1-5H3. The average molecular weight is 372 g/mol. The van der Waals surface area contributed by atoms with Crippen LogP contribution in [0.15, 0.2) is 23.3 Å². The lowest BCUT2D eigenvalue weighted by Crippen LogP contribution is -2.20. The summed E-state index contributed by atoms with van der Waals surface area (Å²) in [4.78, 5) is 17.9. The average Bonchev–Trinajstić information content (AvgIpc) is 3.08. The van der Waals surface area contributed by atoms with Crippen LogP contribution in [0.5, 0.6) is 0 Å². The molecule has 0 saturated carbocycles. The quantitative estimate of drug-likeness (QED) is 0.647. The van der Waals surface area contributed by atoms with Gasteiger partial charge in [0.15, 0.2) is 4.80 Å². The molecule has 7 heteroatoms. The van der Waals surface area contributed by atoms with E-state index in [1.807, 2.05) is 13.8 Å². The van der Waals surface area contributed by atoms with Crippen molar-refractivity contribution < 1.29 is 9.53 Å². The van der Waals surface area contributed by atoms with Crippen molar-refractivity contribution in [2.24, 2.45) is 12.0 Å². The summed E-state index contributed by atoms with van der Waals surface area (Å²) in [6.45, 7) is 9.94. The SMILES string of the molecule is CCOCCn1c(=NC(=O)c2c(C)cnn2C)sc2c(C)cc(C)cc21. The molecule has 0 aliphatic heterocycles. The molecular formula is C19H24N4O2S. The summed E-state index contributed by atoms with van der Waals surface area (Å²) in [5.74, 6) is -0.270. The summed E-state index contributed by atoms with van der Waals surface area (Å²) in [7, 11) is 1.76. The normalized spacial score (nSPS) is 12.3. The van der Waals surface area contributed by atoms with Gasteiger partial charge in [-0.2, -0.15) is 10.1 Å². The number of aryl methyl sites for hydroxylation is 4. The van der Waals surface area contributed by atoms with Gasteiger partial charge in [0, 0.05) is 25.8 Å². The van der Waals surface area contributed by atoms with Gasteiger partial charge in [0.2, 0.25) is 0 Å². The molecule has 0 fully saturated rings. The maximum atomic E-state index is 12.8. The lowest BCUT2D eigenvalue weighted by molar-refractivity contribution is 0.0987. The second kappa shape index (κ2) is 7.55. The Balaban J connectivity index is 2.16. The molecule has 3 aromatic rings. The van der Waals surface area contributed by atoms with Crippen LogP contribution in [-0.4, -0.2) is 33.5 Å². The van der Waals surface area contributed by atoms with E-state index in [9.17, 15) is 4.79 Å². The number of rotatable bonds is 5. The monoisotopic (exact) mass is 372 g/mol. The number of hydrogen-bond acceptors (Lipinski definition) is 4. The third kappa shape index (κ3) is 3.50. The van der Waals surface area contributed by atoms with Crippen LogP contribution >= 0.6 is 11.3 Å². The van der Waals surface area contributed by atoms with Crippen LogP contribution in [-0.2, 0) is 18.3 Å². The predicted molar refractivity (Wildman–Crippen MR) is 104 cm³/mol. The first-order valence-electron chi connectivity index (χ1n) is 8.68. The number of carbonyl (C=O) groups excluding carboxylic acids is 1. The van der Waals surface area contributed by atoms with Crippen LogP contribution in [0.4, 0.5) is 0 Å². The molecule has 3 rings (SSSR count). The van der Waals surface area contributed by atoms with Gasteiger partial charge in [-0.15, -0.1) is 0 Å². The molecule has 2 heterocycles. The van der Waals surface area contributed by atoms with Crippen molar-refractivity contribution in [3.05, 3.63) is 45.5 Å². The minimum Gasteiger partial charge on any atom is -0.380 e. The Kier molecular flexibility index (Phi) is 5.38. The molecule has 1 amide bonds. The van der Waals surface area contributed by atoms with Crippen molar-refractivity contribution in [1.29, 1.82) is 0 Å². The third-order valence-electron chi connectivity index (χ3n) is 4.30. The molecule has 0 N–H and O–H groups in total. The number of ether oxygens (including phenoxy) is 1. The maximum Gasteiger partial charge on any atom is 0.298 e. The smallest absolute Gasteiger partial charge is 0.298 e. The summed E-state index contributed by atoms with van der Waals surface area (Å²) >= 11 is 1.54. The highest BCUT2D eigenvalue weighted by atomic mass is 32.1. The number of thiazole rings is 1. The van der Waals surface area contributed by atoms with Gasteiger partial charge >= 0.3 is 0 Å². The predicted octanol–water partition coefficient (Wildman–Crippen LogP) is 3.14. The second-order valence-electron chi connectivity index (χ2n) is 6.38. The van der Waals surface area contributed by atoms with Gasteiger partial charge in [-0.1, -0.05) is 17.4 Å². The van der Waals surface area contributed by atoms with Gasteiger partial charge in [-0.25, -0.2) is 0 Å². The first-order chi connectivity index (χ1) is 12.4. The fourth-order valence-corrected chi connectivity index (χ4v) is 4.21. The lowest BCUT2D eigenvalue weighted by atomic mass is 10.1. The topological polar surface area (TPSA) is 61.4 Å². The van der Waals surface area contributed by atoms with Gasteiger partial charge in [0.25, 0.3) is 5.91 Å². The van der Waals surface area contributed by atoms with E-state index < -0.39 is 0 Å². The largest absolute Gasteiger partial charge is 0.380 e. The summed E-state index contributed by atoms with van der Waals surface area (Å²) in [6.07, 6.45) is 1.68. The lowest BCUT2D eigenvalue weighted by Gasteiger charge is -2.07. The van der Waals surface area contributed by atoms with E-state index in [0.717, 1.165) is 15.8 Å². The molecule has 0 spiro atoms. The highest BCUT2D eigenvalue weighted by Gasteiger charge is 2.15. The highest BCUT2D eigenvalue weighted by molar-refractivity contribution is 7.16. The molecule has 0 aliphatic carbocycles. The van der Waals surface area contributed by atoms with E-state index in [2.05, 4.69) is 40.6 Å². The summed E-state index contributed by atoms with van der Waals surface area (Å²) < 4.78 is 10.3. The molecule has 138 valence electrons. The molecule has 6 nitrogen and oxygen atoms in total. The van der Waals surface area contributed by atoms with Crippen molar-refractivity contribution in [3.8, 4) is 0 Å². The van der Waals surface area contributed by atoms with E-state index in [1.165, 1.54) is 11.1 Å². The molecule has 0 radical (unpaired) electrons. The first kappa shape index (κ1) is 18.5. The minimum absolute atomic E-state index is 0.270. The molecule has 0 aliphatic rings. The van der Waals surface area contributed by atoms with Crippen LogP contribution in [0.3, 0.4) is 0 Å². The number of nitrogens with zero attached hydrogens (tertiary/aromatic N) is 4. The Morgan fingerprint density at radius 3 is 2.69 bits per heavy atom. The van der Waals surface area contributed by atoms with Crippen LogP contribution in [0.25, 0.3) is 10.2 Å². The van der Waals surface area contributed by atoms with Crippen molar-refractivity contribution >= 4 is 27.5 Å². The number of hydrogen-bond donors (Lipinski definition) is 0. The minimum atomic E-state index is -0.270. The molecule has 0 unspecified atom stereocenters. The molecule has 2 aromatic heterocycles. The number of amides is 1. The van der Waals surface area contributed by atoms with Crippen molar-refractivity contribution in [3.63, 3.8) is 0 Å². The van der Waals surface area contributed by atoms with Crippen LogP contribution in [0.2, 0.25) is 0 Å². The zero-order valence-electron chi connectivity index (χ0n) is 15.9. The molecule has 0 atom stereocenters. The second-order valence-corrected chi connectivity index (χ2v) is 7.36. The Labute approximate surface area is 156 Å². The fourth-order valence-electron chi connectivity index (χ4n) is 3.11. The number of carbonyl (C=O) groups is 1. The Hall–Kier alpha value is -2.25. The van der Waals surface area contributed by atoms with E-state index >= 15 is 0 Å². The molecular weight excluding hydrogens is 348 g/mol. The highest BCUT2D eigenvalue weighted by Crippen LogP contribution is 2.23. The summed E-state index contributed by atoms with van der Waals surface area (Å²) in [5, 5.41) is 4.14. The zero-order valence-corrected chi connectivity index (χ0v) is 16.7. The van der Waals surface area contributed by atoms with E-state index in [4.69, 9.17) is 4.74 Å². The van der Waals surface area contributed by atoms with Crippen molar-refractivity contribution in [2.75, 3.05) is 13.2 Å². The van der Waals surface area contributed by atoms with Gasteiger partial charge in [0.05, 0.1) is 23.0 Å². The zero-order chi connectivity index (χ0) is 18.8. The van der Waals surface area contributed by atoms with Crippen LogP contribution in [0.1, 0.15) is 34.1 Å². The van der Waals surface area contributed by atoms with Gasteiger partial charge in [-0.3, -0.25) is 9.48 Å². The maximum absolute atomic E-state index is 12.8. The van der Waals surface area contributed by atoms with Crippen LogP contribution in [0, 0.1) is 20.8 Å². The van der Waals surface area contributed by atoms with E-state index in [0.29, 0.717) is 30.3 Å².